The lowest BCUT2D eigenvalue weighted by molar-refractivity contribution is -0.659. The van der Waals surface area contributed by atoms with Crippen molar-refractivity contribution in [3.05, 3.63) is 108 Å². The number of pyridine rings is 1. The first-order valence-corrected chi connectivity index (χ1v) is 11.8. The molecule has 0 N–H and O–H groups in total. The molecule has 4 rings (SSSR count). The van der Waals surface area contributed by atoms with Gasteiger partial charge in [0, 0.05) is 11.6 Å². The molecular weight excluding hydrogens is 402 g/mol. The summed E-state index contributed by atoms with van der Waals surface area (Å²) in [6.07, 6.45) is 10.1. The second kappa shape index (κ2) is 11.3. The van der Waals surface area contributed by atoms with Gasteiger partial charge < -0.3 is 4.74 Å². The van der Waals surface area contributed by atoms with Crippen molar-refractivity contribution in [3.8, 4) is 28.1 Å². The van der Waals surface area contributed by atoms with Crippen molar-refractivity contribution in [2.45, 2.75) is 26.2 Å². The minimum atomic E-state index is 0.784. The monoisotopic (exact) mass is 434 g/mol. The number of hydrogen-bond acceptors (Lipinski definition) is 1. The van der Waals surface area contributed by atoms with E-state index in [1.807, 2.05) is 0 Å². The molecule has 4 aromatic rings. The van der Waals surface area contributed by atoms with Crippen molar-refractivity contribution < 1.29 is 9.30 Å². The maximum atomic E-state index is 5.85. The highest BCUT2D eigenvalue weighted by Gasteiger charge is 2.15. The van der Waals surface area contributed by atoms with Crippen molar-refractivity contribution in [3.63, 3.8) is 0 Å². The fourth-order valence-electron chi connectivity index (χ4n) is 3.96. The van der Waals surface area contributed by atoms with Crippen molar-refractivity contribution >= 4 is 12.2 Å². The SMILES string of the molecule is CCCCCOc1ccc(/C=C/c2cc(-c3ccccc3)[n+](C)cc2-c2ccccc2)cc1. The molecule has 0 spiro atoms. The number of ether oxygens (including phenoxy) is 1. The molecule has 2 nitrogen and oxygen atoms in total. The van der Waals surface area contributed by atoms with E-state index in [0.717, 1.165) is 24.3 Å². The van der Waals surface area contributed by atoms with Crippen LogP contribution >= 0.6 is 0 Å². The number of aromatic nitrogens is 1. The van der Waals surface area contributed by atoms with E-state index in [2.05, 4.69) is 128 Å². The average Bonchev–Trinajstić information content (AvgIpc) is 2.87. The summed E-state index contributed by atoms with van der Waals surface area (Å²) in [5, 5.41) is 0. The predicted molar refractivity (Wildman–Crippen MR) is 139 cm³/mol. The van der Waals surface area contributed by atoms with Crippen LogP contribution in [-0.4, -0.2) is 6.61 Å². The second-order valence-corrected chi connectivity index (χ2v) is 8.33. The van der Waals surface area contributed by atoms with Gasteiger partial charge in [-0.2, -0.15) is 0 Å². The van der Waals surface area contributed by atoms with Crippen molar-refractivity contribution in [2.75, 3.05) is 6.61 Å². The van der Waals surface area contributed by atoms with E-state index >= 15 is 0 Å². The Morgan fingerprint density at radius 2 is 1.42 bits per heavy atom. The quantitative estimate of drug-likeness (QED) is 0.195. The highest BCUT2D eigenvalue weighted by atomic mass is 16.5. The molecule has 0 fully saturated rings. The molecule has 166 valence electrons. The number of nitrogens with zero attached hydrogens (tertiary/aromatic N) is 1. The lowest BCUT2D eigenvalue weighted by Gasteiger charge is -2.09. The molecular formula is C31H32NO+. The van der Waals surface area contributed by atoms with Crippen LogP contribution < -0.4 is 9.30 Å². The van der Waals surface area contributed by atoms with E-state index in [9.17, 15) is 0 Å². The van der Waals surface area contributed by atoms with Crippen LogP contribution in [0, 0.1) is 0 Å². The summed E-state index contributed by atoms with van der Waals surface area (Å²) in [5.74, 6) is 0.936. The lowest BCUT2D eigenvalue weighted by Crippen LogP contribution is -2.31. The van der Waals surface area contributed by atoms with Gasteiger partial charge in [-0.1, -0.05) is 92.6 Å². The van der Waals surface area contributed by atoms with E-state index in [4.69, 9.17) is 4.74 Å². The highest BCUT2D eigenvalue weighted by Crippen LogP contribution is 2.28. The minimum absolute atomic E-state index is 0.784. The molecule has 0 saturated heterocycles. The molecule has 0 unspecified atom stereocenters. The van der Waals surface area contributed by atoms with Crippen LogP contribution in [0.3, 0.4) is 0 Å². The summed E-state index contributed by atoms with van der Waals surface area (Å²) in [6, 6.07) is 31.7. The fourth-order valence-corrected chi connectivity index (χ4v) is 3.96. The number of aryl methyl sites for hydroxylation is 1. The number of unbranched alkanes of at least 4 members (excludes halogenated alkanes) is 2. The zero-order valence-corrected chi connectivity index (χ0v) is 19.6. The molecule has 0 aliphatic rings. The van der Waals surface area contributed by atoms with Gasteiger partial charge in [0.25, 0.3) is 0 Å². The Kier molecular flexibility index (Phi) is 7.71. The van der Waals surface area contributed by atoms with Gasteiger partial charge >= 0.3 is 0 Å². The Hall–Kier alpha value is -3.65. The van der Waals surface area contributed by atoms with Gasteiger partial charge in [0.05, 0.1) is 12.2 Å². The molecule has 3 aromatic carbocycles. The third kappa shape index (κ3) is 5.98. The molecule has 0 bridgehead atoms. The minimum Gasteiger partial charge on any atom is -0.494 e. The first-order chi connectivity index (χ1) is 16.2. The zero-order valence-electron chi connectivity index (χ0n) is 19.6. The van der Waals surface area contributed by atoms with Crippen molar-refractivity contribution in [1.82, 2.24) is 0 Å². The summed E-state index contributed by atoms with van der Waals surface area (Å²) >= 11 is 0. The zero-order chi connectivity index (χ0) is 22.9. The Bertz CT molecular complexity index is 1180. The second-order valence-electron chi connectivity index (χ2n) is 8.33. The van der Waals surface area contributed by atoms with E-state index < -0.39 is 0 Å². The molecule has 1 aromatic heterocycles. The van der Waals surface area contributed by atoms with Gasteiger partial charge in [-0.15, -0.1) is 0 Å². The summed E-state index contributed by atoms with van der Waals surface area (Å²) in [4.78, 5) is 0. The van der Waals surface area contributed by atoms with Gasteiger partial charge in [-0.05, 0) is 47.4 Å². The van der Waals surface area contributed by atoms with Gasteiger partial charge in [0.1, 0.15) is 12.8 Å². The lowest BCUT2D eigenvalue weighted by atomic mass is 9.98. The van der Waals surface area contributed by atoms with Crippen molar-refractivity contribution in [2.24, 2.45) is 7.05 Å². The Balaban J connectivity index is 1.63. The molecule has 0 aliphatic carbocycles. The van der Waals surface area contributed by atoms with Crippen molar-refractivity contribution in [1.29, 1.82) is 0 Å². The van der Waals surface area contributed by atoms with E-state index in [0.29, 0.717) is 0 Å². The largest absolute Gasteiger partial charge is 0.494 e. The third-order valence-corrected chi connectivity index (χ3v) is 5.81. The molecule has 0 amide bonds. The Morgan fingerprint density at radius 3 is 2.09 bits per heavy atom. The van der Waals surface area contributed by atoms with Gasteiger partial charge in [0.15, 0.2) is 6.20 Å². The van der Waals surface area contributed by atoms with Crippen LogP contribution in [0.25, 0.3) is 34.5 Å². The summed E-state index contributed by atoms with van der Waals surface area (Å²) < 4.78 is 8.06. The molecule has 33 heavy (non-hydrogen) atoms. The standard InChI is InChI=1S/C31H32NO/c1-3-4-11-22-33-29-20-17-25(18-21-29)16-19-28-23-31(27-14-9-6-10-15-27)32(2)24-30(28)26-12-7-5-8-13-26/h5-10,12-21,23-24H,3-4,11,22H2,1-2H3/q+1/b19-16+. The maximum Gasteiger partial charge on any atom is 0.212 e. The normalized spacial score (nSPS) is 11.1. The van der Waals surface area contributed by atoms with Crippen LogP contribution in [0.2, 0.25) is 0 Å². The molecule has 1 heterocycles. The third-order valence-electron chi connectivity index (χ3n) is 5.81. The highest BCUT2D eigenvalue weighted by molar-refractivity contribution is 5.81. The number of benzene rings is 3. The smallest absolute Gasteiger partial charge is 0.212 e. The molecule has 0 atom stereocenters. The molecule has 0 radical (unpaired) electrons. The van der Waals surface area contributed by atoms with E-state index in [1.165, 1.54) is 40.8 Å². The van der Waals surface area contributed by atoms with Gasteiger partial charge in [0.2, 0.25) is 5.69 Å². The van der Waals surface area contributed by atoms with Crippen LogP contribution in [0.5, 0.6) is 5.75 Å². The molecule has 0 aliphatic heterocycles. The summed E-state index contributed by atoms with van der Waals surface area (Å²) in [5.41, 5.74) is 7.17. The molecule has 0 saturated carbocycles. The Labute approximate surface area is 197 Å². The number of rotatable bonds is 9. The summed E-state index contributed by atoms with van der Waals surface area (Å²) in [7, 11) is 2.11. The maximum absolute atomic E-state index is 5.85. The van der Waals surface area contributed by atoms with E-state index in [1.54, 1.807) is 0 Å². The topological polar surface area (TPSA) is 13.1 Å². The average molecular weight is 435 g/mol. The fraction of sp³-hybridized carbons (Fsp3) is 0.194. The van der Waals surface area contributed by atoms with Crippen LogP contribution in [-0.2, 0) is 7.05 Å². The van der Waals surface area contributed by atoms with E-state index in [-0.39, 0.29) is 0 Å². The van der Waals surface area contributed by atoms with Gasteiger partial charge in [-0.3, -0.25) is 0 Å². The summed E-state index contributed by atoms with van der Waals surface area (Å²) in [6.45, 7) is 2.99. The van der Waals surface area contributed by atoms with Crippen LogP contribution in [0.4, 0.5) is 0 Å². The Morgan fingerprint density at radius 1 is 0.758 bits per heavy atom. The first-order valence-electron chi connectivity index (χ1n) is 11.8. The first kappa shape index (κ1) is 22.5. The number of hydrogen-bond donors (Lipinski definition) is 0. The molecule has 2 heteroatoms. The van der Waals surface area contributed by atoms with Gasteiger partial charge in [-0.25, -0.2) is 4.57 Å². The van der Waals surface area contributed by atoms with Crippen LogP contribution in [0.1, 0.15) is 37.3 Å². The predicted octanol–water partition coefficient (Wildman–Crippen LogP) is 7.58. The van der Waals surface area contributed by atoms with Crippen LogP contribution in [0.15, 0.2) is 97.2 Å².